The first-order valence-electron chi connectivity index (χ1n) is 16.7. The summed E-state index contributed by atoms with van der Waals surface area (Å²) < 4.78 is 5.35. The van der Waals surface area contributed by atoms with Crippen LogP contribution in [0.5, 0.6) is 0 Å². The van der Waals surface area contributed by atoms with Gasteiger partial charge in [-0.3, -0.25) is 14.4 Å². The lowest BCUT2D eigenvalue weighted by molar-refractivity contribution is -0.155. The van der Waals surface area contributed by atoms with Gasteiger partial charge in [-0.05, 0) is 46.5 Å². The second-order valence-electron chi connectivity index (χ2n) is 12.6. The van der Waals surface area contributed by atoms with E-state index in [1.807, 2.05) is 20.8 Å². The maximum absolute atomic E-state index is 12.5. The third-order valence-corrected chi connectivity index (χ3v) is 7.34. The normalized spacial score (nSPS) is 12.3. The molecule has 0 saturated carbocycles. The Labute approximate surface area is 242 Å². The van der Waals surface area contributed by atoms with Crippen molar-refractivity contribution in [1.82, 2.24) is 5.32 Å². The number of Topliss-reactive ketones (excluding diaryl/α,β-unsaturated/α-hetero) is 1. The number of nitrogens with one attached hydrogen (secondary N) is 1. The summed E-state index contributed by atoms with van der Waals surface area (Å²) in [5.74, 6) is 0.152. The van der Waals surface area contributed by atoms with Crippen molar-refractivity contribution in [2.24, 2.45) is 5.92 Å². The molecular weight excluding hydrogens is 486 g/mol. The number of rotatable bonds is 27. The first-order valence-corrected chi connectivity index (χ1v) is 16.7. The number of unbranched alkanes of at least 4 members (excludes halogenated alkanes) is 16. The first kappa shape index (κ1) is 37.6. The van der Waals surface area contributed by atoms with Gasteiger partial charge in [0.15, 0.2) is 0 Å². The summed E-state index contributed by atoms with van der Waals surface area (Å²) in [5.41, 5.74) is -0.371. The zero-order valence-electron chi connectivity index (χ0n) is 26.7. The largest absolute Gasteiger partial charge is 0.460 e. The standard InChI is InChI=1S/C34H65NO4/c1-6-8-22-25-30(33(38)35-28-9-7-2)29-31(36)26-23-20-18-16-14-12-10-11-13-15-17-19-21-24-27-32(37)39-34(3,4)5/h30H,6-29H2,1-5H3,(H,35,38)/t30-/m1/s1. The molecule has 0 aliphatic heterocycles. The van der Waals surface area contributed by atoms with Gasteiger partial charge in [0.25, 0.3) is 0 Å². The van der Waals surface area contributed by atoms with E-state index in [9.17, 15) is 14.4 Å². The Balaban J connectivity index is 3.64. The lowest BCUT2D eigenvalue weighted by atomic mass is 9.93. The van der Waals surface area contributed by atoms with Gasteiger partial charge in [-0.25, -0.2) is 0 Å². The van der Waals surface area contributed by atoms with Crippen molar-refractivity contribution in [3.05, 3.63) is 0 Å². The molecule has 0 aromatic heterocycles. The molecule has 0 aromatic carbocycles. The molecule has 1 atom stereocenters. The smallest absolute Gasteiger partial charge is 0.306 e. The summed E-state index contributed by atoms with van der Waals surface area (Å²) in [6.45, 7) is 10.8. The van der Waals surface area contributed by atoms with Crippen molar-refractivity contribution in [3.63, 3.8) is 0 Å². The minimum absolute atomic E-state index is 0.0683. The van der Waals surface area contributed by atoms with Crippen LogP contribution in [0.2, 0.25) is 0 Å². The molecule has 0 aliphatic carbocycles. The van der Waals surface area contributed by atoms with Gasteiger partial charge < -0.3 is 10.1 Å². The van der Waals surface area contributed by atoms with Crippen LogP contribution in [0, 0.1) is 5.92 Å². The van der Waals surface area contributed by atoms with Crippen LogP contribution >= 0.6 is 0 Å². The van der Waals surface area contributed by atoms with E-state index in [-0.39, 0.29) is 29.2 Å². The molecule has 0 unspecified atom stereocenters. The Bertz CT molecular complexity index is 611. The number of hydrogen-bond donors (Lipinski definition) is 1. The zero-order chi connectivity index (χ0) is 29.2. The highest BCUT2D eigenvalue weighted by Gasteiger charge is 2.21. The maximum Gasteiger partial charge on any atom is 0.306 e. The molecule has 0 radical (unpaired) electrons. The number of esters is 1. The zero-order valence-corrected chi connectivity index (χ0v) is 26.7. The highest BCUT2D eigenvalue weighted by molar-refractivity contribution is 5.86. The van der Waals surface area contributed by atoms with Crippen molar-refractivity contribution in [1.29, 1.82) is 0 Å². The van der Waals surface area contributed by atoms with Crippen molar-refractivity contribution in [3.8, 4) is 0 Å². The Morgan fingerprint density at radius 3 is 1.54 bits per heavy atom. The topological polar surface area (TPSA) is 72.5 Å². The highest BCUT2D eigenvalue weighted by atomic mass is 16.6. The number of hydrogen-bond acceptors (Lipinski definition) is 4. The molecular formula is C34H65NO4. The molecule has 230 valence electrons. The van der Waals surface area contributed by atoms with E-state index in [0.29, 0.717) is 19.3 Å². The van der Waals surface area contributed by atoms with E-state index >= 15 is 0 Å². The predicted molar refractivity (Wildman–Crippen MR) is 165 cm³/mol. The molecule has 0 saturated heterocycles. The Morgan fingerprint density at radius 2 is 1.08 bits per heavy atom. The lowest BCUT2D eigenvalue weighted by Crippen LogP contribution is -2.32. The summed E-state index contributed by atoms with van der Waals surface area (Å²) in [4.78, 5) is 36.8. The van der Waals surface area contributed by atoms with Crippen LogP contribution in [-0.2, 0) is 19.1 Å². The number of amides is 1. The van der Waals surface area contributed by atoms with E-state index in [1.165, 1.54) is 64.2 Å². The van der Waals surface area contributed by atoms with Gasteiger partial charge in [0.1, 0.15) is 11.4 Å². The Hall–Kier alpha value is -1.39. The summed E-state index contributed by atoms with van der Waals surface area (Å²) in [6.07, 6.45) is 24.9. The average molecular weight is 552 g/mol. The van der Waals surface area contributed by atoms with Crippen LogP contribution in [0.3, 0.4) is 0 Å². The third kappa shape index (κ3) is 26.6. The van der Waals surface area contributed by atoms with Crippen molar-refractivity contribution in [2.75, 3.05) is 6.54 Å². The van der Waals surface area contributed by atoms with Gasteiger partial charge in [0.05, 0.1) is 0 Å². The minimum Gasteiger partial charge on any atom is -0.460 e. The van der Waals surface area contributed by atoms with E-state index in [1.54, 1.807) is 0 Å². The van der Waals surface area contributed by atoms with Crippen molar-refractivity contribution >= 4 is 17.7 Å². The Kier molecular flexibility index (Phi) is 24.7. The number of carbonyl (C=O) groups is 3. The molecule has 0 aromatic rings. The van der Waals surface area contributed by atoms with Crippen LogP contribution in [0.25, 0.3) is 0 Å². The van der Waals surface area contributed by atoms with Crippen molar-refractivity contribution < 1.29 is 19.1 Å². The van der Waals surface area contributed by atoms with E-state index in [2.05, 4.69) is 19.2 Å². The second-order valence-corrected chi connectivity index (χ2v) is 12.6. The molecule has 1 N–H and O–H groups in total. The van der Waals surface area contributed by atoms with Crippen LogP contribution in [0.4, 0.5) is 0 Å². The van der Waals surface area contributed by atoms with Crippen LogP contribution < -0.4 is 5.32 Å². The molecule has 0 aliphatic rings. The molecule has 0 bridgehead atoms. The molecule has 39 heavy (non-hydrogen) atoms. The summed E-state index contributed by atoms with van der Waals surface area (Å²) in [5, 5.41) is 3.04. The monoisotopic (exact) mass is 551 g/mol. The lowest BCUT2D eigenvalue weighted by Gasteiger charge is -2.19. The Morgan fingerprint density at radius 1 is 0.615 bits per heavy atom. The van der Waals surface area contributed by atoms with Gasteiger partial charge in [0, 0.05) is 31.7 Å². The summed E-state index contributed by atoms with van der Waals surface area (Å²) >= 11 is 0. The van der Waals surface area contributed by atoms with Gasteiger partial charge in [-0.15, -0.1) is 0 Å². The third-order valence-electron chi connectivity index (χ3n) is 7.34. The number of carbonyl (C=O) groups excluding carboxylic acids is 3. The number of ether oxygens (including phenoxy) is 1. The molecule has 0 spiro atoms. The highest BCUT2D eigenvalue weighted by Crippen LogP contribution is 2.18. The summed E-state index contributed by atoms with van der Waals surface area (Å²) in [7, 11) is 0. The average Bonchev–Trinajstić information content (AvgIpc) is 2.87. The van der Waals surface area contributed by atoms with E-state index < -0.39 is 0 Å². The minimum atomic E-state index is -0.371. The quantitative estimate of drug-likeness (QED) is 0.0814. The molecule has 0 heterocycles. The number of ketones is 1. The maximum atomic E-state index is 12.5. The molecule has 5 nitrogen and oxygen atoms in total. The van der Waals surface area contributed by atoms with Gasteiger partial charge >= 0.3 is 5.97 Å². The van der Waals surface area contributed by atoms with Crippen LogP contribution in [0.15, 0.2) is 0 Å². The van der Waals surface area contributed by atoms with Gasteiger partial charge in [0.2, 0.25) is 5.91 Å². The fourth-order valence-corrected chi connectivity index (χ4v) is 4.98. The summed E-state index contributed by atoms with van der Waals surface area (Å²) in [6, 6.07) is 0. The SMILES string of the molecule is CCCCC[C@H](CC(=O)CCCCCCCCCCCCCCCCC(=O)OC(C)(C)C)C(=O)NCCCC. The molecule has 5 heteroatoms. The van der Waals surface area contributed by atoms with Gasteiger partial charge in [-0.1, -0.05) is 117 Å². The predicted octanol–water partition coefficient (Wildman–Crippen LogP) is 9.64. The molecule has 1 amide bonds. The van der Waals surface area contributed by atoms with Crippen LogP contribution in [0.1, 0.15) is 182 Å². The fourth-order valence-electron chi connectivity index (χ4n) is 4.98. The van der Waals surface area contributed by atoms with E-state index in [4.69, 9.17) is 4.74 Å². The molecule has 0 fully saturated rings. The second kappa shape index (κ2) is 25.6. The first-order chi connectivity index (χ1) is 18.7. The van der Waals surface area contributed by atoms with Crippen molar-refractivity contribution in [2.45, 2.75) is 188 Å². The van der Waals surface area contributed by atoms with Gasteiger partial charge in [-0.2, -0.15) is 0 Å². The van der Waals surface area contributed by atoms with Crippen LogP contribution in [-0.4, -0.2) is 29.8 Å². The molecule has 0 rings (SSSR count). The fraction of sp³-hybridized carbons (Fsp3) is 0.912. The van der Waals surface area contributed by atoms with E-state index in [0.717, 1.165) is 70.8 Å².